The Hall–Kier alpha value is 0.790. The van der Waals surface area contributed by atoms with Crippen LogP contribution in [0.15, 0.2) is 51.9 Å². The molecule has 0 aliphatic heterocycles. The third-order valence-corrected chi connectivity index (χ3v) is 9.78. The molecular weight excluding hydrogens is 872 g/mol. The summed E-state index contributed by atoms with van der Waals surface area (Å²) in [4.78, 5) is 0.213. The Labute approximate surface area is 256 Å². The number of sulfone groups is 1. The Balaban J connectivity index is 2.27. The largest absolute Gasteiger partial charge is 0.490 e. The molecule has 196 valence electrons. The van der Waals surface area contributed by atoms with Crippen LogP contribution in [0.3, 0.4) is 0 Å². The maximum absolute atomic E-state index is 13.4. The van der Waals surface area contributed by atoms with Crippen LogP contribution in [0.2, 0.25) is 0 Å². The molecule has 2 atom stereocenters. The van der Waals surface area contributed by atoms with Crippen LogP contribution in [0.5, 0.6) is 11.5 Å². The fourth-order valence-corrected chi connectivity index (χ4v) is 8.31. The monoisotopic (exact) mass is 890 g/mol. The van der Waals surface area contributed by atoms with Crippen molar-refractivity contribution >= 4 is 105 Å². The van der Waals surface area contributed by atoms with E-state index < -0.39 is 9.84 Å². The molecule has 0 saturated carbocycles. The highest BCUT2D eigenvalue weighted by molar-refractivity contribution is 9.11. The molecule has 0 radical (unpaired) electrons. The van der Waals surface area contributed by atoms with Crippen molar-refractivity contribution in [2.24, 2.45) is 0 Å². The van der Waals surface area contributed by atoms with E-state index in [-0.39, 0.29) is 20.7 Å². The molecule has 6 nitrogen and oxygen atoms in total. The number of rotatable bonds is 14. The van der Waals surface area contributed by atoms with Crippen LogP contribution in [-0.4, -0.2) is 57.7 Å². The molecule has 2 unspecified atom stereocenters. The van der Waals surface area contributed by atoms with Gasteiger partial charge in [-0.05, 0) is 102 Å². The molecule has 0 spiro atoms. The molecule has 0 amide bonds. The molecule has 35 heavy (non-hydrogen) atoms. The van der Waals surface area contributed by atoms with Gasteiger partial charge in [0.1, 0.15) is 30.8 Å². The van der Waals surface area contributed by atoms with E-state index in [2.05, 4.69) is 95.6 Å². The van der Waals surface area contributed by atoms with E-state index in [4.69, 9.17) is 18.9 Å². The van der Waals surface area contributed by atoms with Crippen molar-refractivity contribution in [1.29, 1.82) is 0 Å². The van der Waals surface area contributed by atoms with Crippen molar-refractivity contribution in [3.05, 3.63) is 42.2 Å². The number of hydrogen-bond acceptors (Lipinski definition) is 6. The average Bonchev–Trinajstić information content (AvgIpc) is 2.80. The summed E-state index contributed by atoms with van der Waals surface area (Å²) in [5.41, 5.74) is 0. The Bertz CT molecular complexity index is 1050. The number of benzene rings is 2. The van der Waals surface area contributed by atoms with E-state index in [9.17, 15) is 8.42 Å². The third-order valence-electron chi connectivity index (χ3n) is 4.46. The minimum Gasteiger partial charge on any atom is -0.490 e. The molecule has 0 aromatic heterocycles. The van der Waals surface area contributed by atoms with Crippen molar-refractivity contribution in [1.82, 2.24) is 0 Å². The zero-order chi connectivity index (χ0) is 26.2. The van der Waals surface area contributed by atoms with Gasteiger partial charge in [0.25, 0.3) is 0 Å². The van der Waals surface area contributed by atoms with E-state index >= 15 is 0 Å². The van der Waals surface area contributed by atoms with Gasteiger partial charge in [-0.3, -0.25) is 0 Å². The van der Waals surface area contributed by atoms with Gasteiger partial charge in [-0.25, -0.2) is 8.42 Å². The first-order valence-electron chi connectivity index (χ1n) is 10.4. The summed E-state index contributed by atoms with van der Waals surface area (Å²) < 4.78 is 51.6. The molecular formula is C22H24Br6O6S. The van der Waals surface area contributed by atoms with E-state index in [1.54, 1.807) is 0 Å². The van der Waals surface area contributed by atoms with Crippen molar-refractivity contribution < 1.29 is 27.4 Å². The number of halogens is 6. The maximum Gasteiger partial charge on any atom is 0.206 e. The topological polar surface area (TPSA) is 71.1 Å². The number of ether oxygens (including phenoxy) is 4. The van der Waals surface area contributed by atoms with Gasteiger partial charge >= 0.3 is 0 Å². The van der Waals surface area contributed by atoms with Gasteiger partial charge in [0, 0.05) is 18.5 Å². The van der Waals surface area contributed by atoms with Gasteiger partial charge in [-0.1, -0.05) is 31.9 Å². The molecule has 13 heteroatoms. The van der Waals surface area contributed by atoms with Crippen LogP contribution in [0.25, 0.3) is 0 Å². The molecule has 0 aliphatic carbocycles. The average molecular weight is 896 g/mol. The van der Waals surface area contributed by atoms with Crippen molar-refractivity contribution in [2.75, 3.05) is 38.4 Å². The minimum absolute atomic E-state index is 0.00145. The lowest BCUT2D eigenvalue weighted by molar-refractivity contribution is 0.0436. The first-order valence-corrected chi connectivity index (χ1v) is 17.1. The van der Waals surface area contributed by atoms with Gasteiger partial charge in [0.2, 0.25) is 9.84 Å². The zero-order valence-corrected chi connectivity index (χ0v) is 29.2. The second-order valence-electron chi connectivity index (χ2n) is 7.05. The first-order chi connectivity index (χ1) is 16.5. The van der Waals surface area contributed by atoms with E-state index in [0.29, 0.717) is 67.8 Å². The molecule has 2 aromatic carbocycles. The molecule has 2 aromatic rings. The van der Waals surface area contributed by atoms with E-state index in [1.165, 1.54) is 24.3 Å². The highest BCUT2D eigenvalue weighted by Gasteiger charge is 2.24. The molecule has 2 rings (SSSR count). The lowest BCUT2D eigenvalue weighted by Crippen LogP contribution is -2.23. The van der Waals surface area contributed by atoms with Crippen LogP contribution in [0, 0.1) is 0 Å². The molecule has 0 heterocycles. The maximum atomic E-state index is 13.4. The second kappa shape index (κ2) is 15.4. The Kier molecular flexibility index (Phi) is 14.1. The number of alkyl halides is 2. The van der Waals surface area contributed by atoms with Gasteiger partial charge in [-0.15, -0.1) is 0 Å². The predicted molar refractivity (Wildman–Crippen MR) is 159 cm³/mol. The predicted octanol–water partition coefficient (Wildman–Crippen LogP) is 7.93. The normalized spacial score (nSPS) is 13.5. The first kappa shape index (κ1) is 32.0. The summed E-state index contributed by atoms with van der Waals surface area (Å²) in [5, 5.41) is 0.620. The lowest BCUT2D eigenvalue weighted by Gasteiger charge is -2.18. The second-order valence-corrected chi connectivity index (χ2v) is 14.4. The van der Waals surface area contributed by atoms with Crippen LogP contribution in [0.1, 0.15) is 13.8 Å². The van der Waals surface area contributed by atoms with Crippen molar-refractivity contribution in [2.45, 2.75) is 34.6 Å². The van der Waals surface area contributed by atoms with E-state index in [1.807, 2.05) is 13.8 Å². The summed E-state index contributed by atoms with van der Waals surface area (Å²) in [6.07, 6.45) is -0.128. The molecule has 0 fully saturated rings. The van der Waals surface area contributed by atoms with Crippen LogP contribution >= 0.6 is 95.6 Å². The lowest BCUT2D eigenvalue weighted by atomic mass is 10.3. The summed E-state index contributed by atoms with van der Waals surface area (Å²) >= 11 is 20.7. The van der Waals surface area contributed by atoms with Gasteiger partial charge in [-0.2, -0.15) is 0 Å². The number of hydrogen-bond donors (Lipinski definition) is 0. The van der Waals surface area contributed by atoms with Crippen LogP contribution in [-0.2, 0) is 19.3 Å². The quantitative estimate of drug-likeness (QED) is 0.180. The van der Waals surface area contributed by atoms with Crippen molar-refractivity contribution in [3.63, 3.8) is 0 Å². The summed E-state index contributed by atoms with van der Waals surface area (Å²) in [7, 11) is -3.84. The standard InChI is InChI=1S/C22H24Br6O6S/c1-3-31-10-13(24)11-33-21-17(25)5-15(6-18(21)26)35(29,30)16-7-19(27)22(20(28)8-16)34-12-14(9-23)32-4-2/h5-8,13-14H,3-4,9-12H2,1-2H3. The fourth-order valence-electron chi connectivity index (χ4n) is 2.81. The fraction of sp³-hybridized carbons (Fsp3) is 0.455. The Morgan fingerprint density at radius 3 is 1.63 bits per heavy atom. The smallest absolute Gasteiger partial charge is 0.206 e. The highest BCUT2D eigenvalue weighted by atomic mass is 79.9. The van der Waals surface area contributed by atoms with Gasteiger partial charge in [0.15, 0.2) is 0 Å². The Morgan fingerprint density at radius 1 is 0.771 bits per heavy atom. The summed E-state index contributed by atoms with van der Waals surface area (Å²) in [6.45, 7) is 6.19. The molecule has 0 aliphatic rings. The van der Waals surface area contributed by atoms with Gasteiger partial charge < -0.3 is 18.9 Å². The van der Waals surface area contributed by atoms with Crippen molar-refractivity contribution in [3.8, 4) is 11.5 Å². The molecule has 0 bridgehead atoms. The highest BCUT2D eigenvalue weighted by Crippen LogP contribution is 2.41. The molecule has 0 N–H and O–H groups in total. The summed E-state index contributed by atoms with van der Waals surface area (Å²) in [6, 6.07) is 6.09. The zero-order valence-electron chi connectivity index (χ0n) is 18.8. The third kappa shape index (κ3) is 9.19. The van der Waals surface area contributed by atoms with E-state index in [0.717, 1.165) is 0 Å². The van der Waals surface area contributed by atoms with Crippen LogP contribution in [0.4, 0.5) is 0 Å². The van der Waals surface area contributed by atoms with Crippen LogP contribution < -0.4 is 9.47 Å². The van der Waals surface area contributed by atoms with Gasteiger partial charge in [0.05, 0.1) is 39.1 Å². The SMILES string of the molecule is CCOCC(Br)COc1c(Br)cc(S(=O)(=O)c2cc(Br)c(OCC(CBr)OCC)c(Br)c2)cc1Br. The molecule has 0 saturated heterocycles. The Morgan fingerprint density at radius 2 is 1.23 bits per heavy atom. The summed E-state index contributed by atoms with van der Waals surface area (Å²) in [5.74, 6) is 1.00. The minimum atomic E-state index is -3.84.